The number of halogens is 1. The molecule has 0 aliphatic heterocycles. The molecule has 0 saturated heterocycles. The van der Waals surface area contributed by atoms with Crippen molar-refractivity contribution in [2.45, 2.75) is 13.8 Å². The van der Waals surface area contributed by atoms with Crippen molar-refractivity contribution in [2.75, 3.05) is 5.32 Å². The molecule has 2 amide bonds. The summed E-state index contributed by atoms with van der Waals surface area (Å²) < 4.78 is 0. The van der Waals surface area contributed by atoms with Gasteiger partial charge in [0.1, 0.15) is 5.75 Å². The topological polar surface area (TPSA) is 90.8 Å². The van der Waals surface area contributed by atoms with Crippen molar-refractivity contribution in [3.05, 3.63) is 58.1 Å². The van der Waals surface area contributed by atoms with Crippen molar-refractivity contribution in [3.8, 4) is 5.75 Å². The highest BCUT2D eigenvalue weighted by atomic mass is 35.5. The number of hydrogen-bond acceptors (Lipinski definition) is 4. The first-order valence-electron chi connectivity index (χ1n) is 7.07. The summed E-state index contributed by atoms with van der Waals surface area (Å²) in [4.78, 5) is 23.7. The SMILES string of the molecule is Cc1cccc(C)c1NC(=O)C(=O)N/N=C\c1cc(Cl)ccc1O. The van der Waals surface area contributed by atoms with Gasteiger partial charge >= 0.3 is 11.8 Å². The quantitative estimate of drug-likeness (QED) is 0.454. The summed E-state index contributed by atoms with van der Waals surface area (Å²) in [5.74, 6) is -1.80. The number of aromatic hydroxyl groups is 1. The highest BCUT2D eigenvalue weighted by Gasteiger charge is 2.15. The molecular weight excluding hydrogens is 330 g/mol. The molecule has 0 radical (unpaired) electrons. The number of hydrogen-bond donors (Lipinski definition) is 3. The molecule has 0 spiro atoms. The van der Waals surface area contributed by atoms with E-state index in [0.717, 1.165) is 11.1 Å². The fraction of sp³-hybridized carbons (Fsp3) is 0.118. The summed E-state index contributed by atoms with van der Waals surface area (Å²) >= 11 is 5.80. The van der Waals surface area contributed by atoms with Crippen molar-refractivity contribution >= 4 is 35.3 Å². The number of carbonyl (C=O) groups excluding carboxylic acids is 2. The zero-order valence-electron chi connectivity index (χ0n) is 13.1. The average Bonchev–Trinajstić information content (AvgIpc) is 2.54. The van der Waals surface area contributed by atoms with Crippen LogP contribution in [0.5, 0.6) is 5.75 Å². The number of phenolic OH excluding ortho intramolecular Hbond substituents is 1. The molecule has 0 aliphatic carbocycles. The van der Waals surface area contributed by atoms with Gasteiger partial charge in [-0.25, -0.2) is 5.43 Å². The summed E-state index contributed by atoms with van der Waals surface area (Å²) in [6, 6.07) is 9.93. The van der Waals surface area contributed by atoms with E-state index in [1.807, 2.05) is 32.0 Å². The fourth-order valence-corrected chi connectivity index (χ4v) is 2.20. The van der Waals surface area contributed by atoms with Crippen LogP contribution in [-0.2, 0) is 9.59 Å². The normalized spacial score (nSPS) is 10.6. The average molecular weight is 346 g/mol. The molecule has 2 rings (SSSR count). The third-order valence-electron chi connectivity index (χ3n) is 3.29. The smallest absolute Gasteiger partial charge is 0.329 e. The second kappa shape index (κ2) is 7.61. The first-order chi connectivity index (χ1) is 11.4. The third-order valence-corrected chi connectivity index (χ3v) is 3.52. The number of hydrazone groups is 1. The van der Waals surface area contributed by atoms with E-state index in [9.17, 15) is 14.7 Å². The Morgan fingerprint density at radius 3 is 2.46 bits per heavy atom. The predicted molar refractivity (Wildman–Crippen MR) is 93.4 cm³/mol. The van der Waals surface area contributed by atoms with Crippen LogP contribution in [0.4, 0.5) is 5.69 Å². The Hall–Kier alpha value is -2.86. The van der Waals surface area contributed by atoms with Gasteiger partial charge in [0.05, 0.1) is 6.21 Å². The number of para-hydroxylation sites is 1. The van der Waals surface area contributed by atoms with Crippen LogP contribution in [0.25, 0.3) is 0 Å². The van der Waals surface area contributed by atoms with E-state index in [0.29, 0.717) is 16.3 Å². The standard InChI is InChI=1S/C17H16ClN3O3/c1-10-4-3-5-11(2)15(10)20-16(23)17(24)21-19-9-12-8-13(18)6-7-14(12)22/h3-9,22H,1-2H3,(H,20,23)(H,21,24)/b19-9-. The maximum atomic E-state index is 11.9. The van der Waals surface area contributed by atoms with Gasteiger partial charge in [0.25, 0.3) is 0 Å². The van der Waals surface area contributed by atoms with Crippen LogP contribution < -0.4 is 10.7 Å². The Morgan fingerprint density at radius 1 is 1.12 bits per heavy atom. The number of benzene rings is 2. The summed E-state index contributed by atoms with van der Waals surface area (Å²) in [6.07, 6.45) is 1.20. The number of nitrogens with zero attached hydrogens (tertiary/aromatic N) is 1. The first-order valence-corrected chi connectivity index (χ1v) is 7.45. The number of phenols is 1. The van der Waals surface area contributed by atoms with Gasteiger partial charge in [-0.1, -0.05) is 29.8 Å². The summed E-state index contributed by atoms with van der Waals surface area (Å²) in [7, 11) is 0. The molecule has 2 aromatic rings. The lowest BCUT2D eigenvalue weighted by Crippen LogP contribution is -2.32. The molecule has 24 heavy (non-hydrogen) atoms. The molecule has 0 unspecified atom stereocenters. The van der Waals surface area contributed by atoms with Crippen molar-refractivity contribution in [1.29, 1.82) is 0 Å². The highest BCUT2D eigenvalue weighted by Crippen LogP contribution is 2.20. The summed E-state index contributed by atoms with van der Waals surface area (Å²) in [5.41, 5.74) is 4.71. The largest absolute Gasteiger partial charge is 0.507 e. The summed E-state index contributed by atoms with van der Waals surface area (Å²) in [5, 5.41) is 16.2. The van der Waals surface area contributed by atoms with E-state index in [1.165, 1.54) is 24.4 Å². The lowest BCUT2D eigenvalue weighted by molar-refractivity contribution is -0.136. The zero-order chi connectivity index (χ0) is 17.7. The van der Waals surface area contributed by atoms with Gasteiger partial charge in [-0.15, -0.1) is 0 Å². The predicted octanol–water partition coefficient (Wildman–Crippen LogP) is 2.75. The van der Waals surface area contributed by atoms with E-state index in [2.05, 4.69) is 15.8 Å². The Balaban J connectivity index is 2.01. The highest BCUT2D eigenvalue weighted by molar-refractivity contribution is 6.39. The Bertz CT molecular complexity index is 798. The van der Waals surface area contributed by atoms with Gasteiger partial charge in [-0.3, -0.25) is 9.59 Å². The minimum atomic E-state index is -0.921. The number of nitrogens with one attached hydrogen (secondary N) is 2. The fourth-order valence-electron chi connectivity index (χ4n) is 2.02. The molecule has 0 fully saturated rings. The van der Waals surface area contributed by atoms with Gasteiger partial charge < -0.3 is 10.4 Å². The minimum Gasteiger partial charge on any atom is -0.507 e. The maximum Gasteiger partial charge on any atom is 0.329 e. The molecule has 0 atom stereocenters. The number of carbonyl (C=O) groups is 2. The van der Waals surface area contributed by atoms with E-state index in [4.69, 9.17) is 11.6 Å². The van der Waals surface area contributed by atoms with Crippen LogP contribution in [0.2, 0.25) is 5.02 Å². The second-order valence-corrected chi connectivity index (χ2v) is 5.56. The lowest BCUT2D eigenvalue weighted by Gasteiger charge is -2.10. The van der Waals surface area contributed by atoms with Crippen LogP contribution in [0, 0.1) is 13.8 Å². The molecule has 7 heteroatoms. The molecule has 3 N–H and O–H groups in total. The number of aryl methyl sites for hydroxylation is 2. The van der Waals surface area contributed by atoms with E-state index < -0.39 is 11.8 Å². The van der Waals surface area contributed by atoms with Crippen LogP contribution in [0.3, 0.4) is 0 Å². The molecule has 0 saturated carbocycles. The van der Waals surface area contributed by atoms with Crippen molar-refractivity contribution in [1.82, 2.24) is 5.43 Å². The van der Waals surface area contributed by atoms with Crippen molar-refractivity contribution in [2.24, 2.45) is 5.10 Å². The van der Waals surface area contributed by atoms with E-state index in [1.54, 1.807) is 0 Å². The van der Waals surface area contributed by atoms with Gasteiger partial charge in [0.15, 0.2) is 0 Å². The molecule has 0 heterocycles. The Labute approximate surface area is 144 Å². The molecule has 0 bridgehead atoms. The van der Waals surface area contributed by atoms with Crippen LogP contribution in [-0.4, -0.2) is 23.1 Å². The zero-order valence-corrected chi connectivity index (χ0v) is 13.9. The summed E-state index contributed by atoms with van der Waals surface area (Å²) in [6.45, 7) is 3.67. The Kier molecular flexibility index (Phi) is 5.55. The number of amides is 2. The minimum absolute atomic E-state index is 0.0441. The molecule has 124 valence electrons. The Morgan fingerprint density at radius 2 is 1.79 bits per heavy atom. The maximum absolute atomic E-state index is 11.9. The van der Waals surface area contributed by atoms with Crippen LogP contribution >= 0.6 is 11.6 Å². The monoisotopic (exact) mass is 345 g/mol. The molecular formula is C17H16ClN3O3. The van der Waals surface area contributed by atoms with Crippen LogP contribution in [0.15, 0.2) is 41.5 Å². The lowest BCUT2D eigenvalue weighted by atomic mass is 10.1. The number of anilines is 1. The molecule has 6 nitrogen and oxygen atoms in total. The van der Waals surface area contributed by atoms with Gasteiger partial charge in [0.2, 0.25) is 0 Å². The van der Waals surface area contributed by atoms with Gasteiger partial charge in [0, 0.05) is 16.3 Å². The van der Waals surface area contributed by atoms with Crippen LogP contribution in [0.1, 0.15) is 16.7 Å². The first kappa shape index (κ1) is 17.5. The number of rotatable bonds is 3. The molecule has 2 aromatic carbocycles. The third kappa shape index (κ3) is 4.33. The van der Waals surface area contributed by atoms with E-state index in [-0.39, 0.29) is 5.75 Å². The molecule has 0 aliphatic rings. The molecule has 0 aromatic heterocycles. The van der Waals surface area contributed by atoms with Crippen molar-refractivity contribution in [3.63, 3.8) is 0 Å². The van der Waals surface area contributed by atoms with Crippen molar-refractivity contribution < 1.29 is 14.7 Å². The van der Waals surface area contributed by atoms with E-state index >= 15 is 0 Å². The van der Waals surface area contributed by atoms with Gasteiger partial charge in [-0.05, 0) is 43.2 Å². The van der Waals surface area contributed by atoms with Gasteiger partial charge in [-0.2, -0.15) is 5.10 Å². The second-order valence-electron chi connectivity index (χ2n) is 5.12.